The van der Waals surface area contributed by atoms with Crippen LogP contribution in [0.2, 0.25) is 0 Å². The second-order valence-electron chi connectivity index (χ2n) is 5.59. The highest BCUT2D eigenvalue weighted by molar-refractivity contribution is 5.38. The lowest BCUT2D eigenvalue weighted by atomic mass is 9.86. The first-order valence-electron chi connectivity index (χ1n) is 7.33. The van der Waals surface area contributed by atoms with Crippen LogP contribution in [-0.2, 0) is 6.42 Å². The molecule has 0 saturated heterocycles. The van der Waals surface area contributed by atoms with E-state index >= 15 is 0 Å². The smallest absolute Gasteiger partial charge is 0.0921 e. The van der Waals surface area contributed by atoms with Crippen molar-refractivity contribution >= 4 is 0 Å². The summed E-state index contributed by atoms with van der Waals surface area (Å²) in [7, 11) is 0. The molecule has 21 heavy (non-hydrogen) atoms. The van der Waals surface area contributed by atoms with Gasteiger partial charge >= 0.3 is 0 Å². The largest absolute Gasteiger partial charge is 0.348 e. The monoisotopic (exact) mass is 276 g/mol. The Bertz CT molecular complexity index is 700. The molecule has 2 nitrogen and oxygen atoms in total. The molecule has 0 radical (unpaired) electrons. The van der Waals surface area contributed by atoms with Gasteiger partial charge in [0.15, 0.2) is 0 Å². The standard InChI is InChI=1S/C19H20N2/c1-14-8-9-17(10-15(14)2)19(11-18-12-20-13-21-18)16-6-4-3-5-7-16/h3-10,12-13,19H,11H2,1-2H3,(H,20,21)/t19-/m0/s1. The molecular weight excluding hydrogens is 256 g/mol. The first kappa shape index (κ1) is 13.6. The molecule has 1 N–H and O–H groups in total. The quantitative estimate of drug-likeness (QED) is 0.751. The molecule has 0 bridgehead atoms. The first-order valence-corrected chi connectivity index (χ1v) is 7.33. The summed E-state index contributed by atoms with van der Waals surface area (Å²) in [5, 5.41) is 0. The van der Waals surface area contributed by atoms with E-state index in [9.17, 15) is 0 Å². The minimum Gasteiger partial charge on any atom is -0.348 e. The van der Waals surface area contributed by atoms with E-state index in [0.29, 0.717) is 5.92 Å². The van der Waals surface area contributed by atoms with Crippen LogP contribution in [0.3, 0.4) is 0 Å². The summed E-state index contributed by atoms with van der Waals surface area (Å²) in [6, 6.07) is 17.5. The summed E-state index contributed by atoms with van der Waals surface area (Å²) in [6.07, 6.45) is 4.60. The number of hydrogen-bond acceptors (Lipinski definition) is 1. The zero-order chi connectivity index (χ0) is 14.7. The van der Waals surface area contributed by atoms with Crippen molar-refractivity contribution < 1.29 is 0 Å². The van der Waals surface area contributed by atoms with Crippen molar-refractivity contribution in [1.82, 2.24) is 9.97 Å². The van der Waals surface area contributed by atoms with E-state index in [1.807, 2.05) is 6.20 Å². The second kappa shape index (κ2) is 5.96. The van der Waals surface area contributed by atoms with E-state index in [1.165, 1.54) is 27.9 Å². The predicted octanol–water partition coefficient (Wildman–Crippen LogP) is 4.40. The zero-order valence-corrected chi connectivity index (χ0v) is 12.5. The number of aromatic amines is 1. The minimum absolute atomic E-state index is 0.353. The highest BCUT2D eigenvalue weighted by Crippen LogP contribution is 2.29. The van der Waals surface area contributed by atoms with Crippen LogP contribution in [-0.4, -0.2) is 9.97 Å². The molecule has 106 valence electrons. The maximum atomic E-state index is 4.14. The molecule has 1 heterocycles. The van der Waals surface area contributed by atoms with Gasteiger partial charge in [0.2, 0.25) is 0 Å². The maximum absolute atomic E-state index is 4.14. The Hall–Kier alpha value is -2.35. The molecule has 3 rings (SSSR count). The van der Waals surface area contributed by atoms with Crippen LogP contribution in [0.5, 0.6) is 0 Å². The fraction of sp³-hybridized carbons (Fsp3) is 0.211. The predicted molar refractivity (Wildman–Crippen MR) is 86.5 cm³/mol. The van der Waals surface area contributed by atoms with Crippen molar-refractivity contribution in [3.05, 3.63) is 89.0 Å². The Morgan fingerprint density at radius 2 is 1.76 bits per heavy atom. The molecule has 3 aromatic rings. The highest BCUT2D eigenvalue weighted by Gasteiger charge is 2.16. The van der Waals surface area contributed by atoms with Gasteiger partial charge in [-0.05, 0) is 42.5 Å². The average Bonchev–Trinajstić information content (AvgIpc) is 3.02. The normalized spacial score (nSPS) is 12.3. The van der Waals surface area contributed by atoms with E-state index in [4.69, 9.17) is 0 Å². The van der Waals surface area contributed by atoms with Crippen LogP contribution in [0.15, 0.2) is 61.1 Å². The fourth-order valence-electron chi connectivity index (χ4n) is 2.71. The molecule has 0 saturated carbocycles. The average molecular weight is 276 g/mol. The van der Waals surface area contributed by atoms with Gasteiger partial charge in [-0.15, -0.1) is 0 Å². The molecule has 0 spiro atoms. The third kappa shape index (κ3) is 3.05. The number of hydrogen-bond donors (Lipinski definition) is 1. The van der Waals surface area contributed by atoms with Crippen molar-refractivity contribution in [2.24, 2.45) is 0 Å². The third-order valence-electron chi connectivity index (χ3n) is 4.11. The van der Waals surface area contributed by atoms with Crippen LogP contribution >= 0.6 is 0 Å². The number of imidazole rings is 1. The molecule has 0 aliphatic carbocycles. The van der Waals surface area contributed by atoms with Crippen LogP contribution in [0.4, 0.5) is 0 Å². The summed E-state index contributed by atoms with van der Waals surface area (Å²) >= 11 is 0. The van der Waals surface area contributed by atoms with Crippen molar-refractivity contribution in [2.45, 2.75) is 26.2 Å². The molecule has 1 atom stereocenters. The number of aromatic nitrogens is 2. The van der Waals surface area contributed by atoms with E-state index in [1.54, 1.807) is 6.33 Å². The SMILES string of the molecule is Cc1ccc([C@@H](Cc2cnc[nH]2)c2ccccc2)cc1C. The van der Waals surface area contributed by atoms with Gasteiger partial charge in [-0.25, -0.2) is 4.98 Å². The Kier molecular flexibility index (Phi) is 3.87. The number of aryl methyl sites for hydroxylation is 2. The fourth-order valence-corrected chi connectivity index (χ4v) is 2.71. The van der Waals surface area contributed by atoms with Crippen molar-refractivity contribution in [3.63, 3.8) is 0 Å². The van der Waals surface area contributed by atoms with Crippen LogP contribution in [0.25, 0.3) is 0 Å². The van der Waals surface area contributed by atoms with Gasteiger partial charge in [-0.3, -0.25) is 0 Å². The van der Waals surface area contributed by atoms with Gasteiger partial charge in [0, 0.05) is 17.8 Å². The molecule has 1 aromatic heterocycles. The summed E-state index contributed by atoms with van der Waals surface area (Å²) in [4.78, 5) is 7.36. The zero-order valence-electron chi connectivity index (χ0n) is 12.5. The number of rotatable bonds is 4. The molecule has 0 unspecified atom stereocenters. The van der Waals surface area contributed by atoms with E-state index < -0.39 is 0 Å². The number of H-pyrrole nitrogens is 1. The van der Waals surface area contributed by atoms with E-state index in [2.05, 4.69) is 72.3 Å². The van der Waals surface area contributed by atoms with Crippen LogP contribution in [0, 0.1) is 13.8 Å². The van der Waals surface area contributed by atoms with Gasteiger partial charge in [0.05, 0.1) is 6.33 Å². The minimum atomic E-state index is 0.353. The lowest BCUT2D eigenvalue weighted by molar-refractivity contribution is 0.786. The summed E-state index contributed by atoms with van der Waals surface area (Å²) in [5.41, 5.74) is 6.56. The highest BCUT2D eigenvalue weighted by atomic mass is 14.9. The topological polar surface area (TPSA) is 28.7 Å². The Labute approximate surface area is 125 Å². The summed E-state index contributed by atoms with van der Waals surface area (Å²) < 4.78 is 0. The van der Waals surface area contributed by atoms with Gasteiger partial charge < -0.3 is 4.98 Å². The molecule has 0 amide bonds. The number of benzene rings is 2. The lowest BCUT2D eigenvalue weighted by Gasteiger charge is -2.18. The molecule has 0 aliphatic rings. The van der Waals surface area contributed by atoms with Gasteiger partial charge in [-0.2, -0.15) is 0 Å². The van der Waals surface area contributed by atoms with Gasteiger partial charge in [-0.1, -0.05) is 48.5 Å². The Balaban J connectivity index is 2.00. The number of nitrogens with zero attached hydrogens (tertiary/aromatic N) is 1. The van der Waals surface area contributed by atoms with Gasteiger partial charge in [0.1, 0.15) is 0 Å². The third-order valence-corrected chi connectivity index (χ3v) is 4.11. The number of nitrogens with one attached hydrogen (secondary N) is 1. The van der Waals surface area contributed by atoms with Crippen molar-refractivity contribution in [1.29, 1.82) is 0 Å². The molecule has 2 heteroatoms. The Morgan fingerprint density at radius 3 is 2.43 bits per heavy atom. The lowest BCUT2D eigenvalue weighted by Crippen LogP contribution is -2.06. The Morgan fingerprint density at radius 1 is 0.952 bits per heavy atom. The summed E-state index contributed by atoms with van der Waals surface area (Å²) in [5.74, 6) is 0.353. The first-order chi connectivity index (χ1) is 10.2. The van der Waals surface area contributed by atoms with E-state index in [0.717, 1.165) is 6.42 Å². The molecule has 0 aliphatic heterocycles. The van der Waals surface area contributed by atoms with Gasteiger partial charge in [0.25, 0.3) is 0 Å². The van der Waals surface area contributed by atoms with Crippen molar-refractivity contribution in [2.75, 3.05) is 0 Å². The summed E-state index contributed by atoms with van der Waals surface area (Å²) in [6.45, 7) is 4.34. The van der Waals surface area contributed by atoms with Crippen LogP contribution in [0.1, 0.15) is 33.9 Å². The van der Waals surface area contributed by atoms with Crippen molar-refractivity contribution in [3.8, 4) is 0 Å². The second-order valence-corrected chi connectivity index (χ2v) is 5.59. The van der Waals surface area contributed by atoms with Crippen LogP contribution < -0.4 is 0 Å². The molecule has 2 aromatic carbocycles. The van der Waals surface area contributed by atoms with E-state index in [-0.39, 0.29) is 0 Å². The molecule has 0 fully saturated rings. The maximum Gasteiger partial charge on any atom is 0.0921 e. The molecular formula is C19H20N2.